The van der Waals surface area contributed by atoms with Crippen molar-refractivity contribution in [1.29, 1.82) is 0 Å². The first-order chi connectivity index (χ1) is 14.5. The van der Waals surface area contributed by atoms with E-state index in [-0.39, 0.29) is 11.9 Å². The van der Waals surface area contributed by atoms with Crippen LogP contribution in [-0.4, -0.2) is 24.1 Å². The molecule has 1 aromatic heterocycles. The minimum Gasteiger partial charge on any atom is -0.370 e. The number of aryl methyl sites for hydroxylation is 1. The topological polar surface area (TPSA) is 42.2 Å². The fourth-order valence-corrected chi connectivity index (χ4v) is 4.17. The molecule has 2 aromatic carbocycles. The summed E-state index contributed by atoms with van der Waals surface area (Å²) in [6.45, 7) is 3.64. The Bertz CT molecular complexity index is 1050. The summed E-state index contributed by atoms with van der Waals surface area (Å²) in [7, 11) is 0. The summed E-state index contributed by atoms with van der Waals surface area (Å²) in [4.78, 5) is 6.81. The van der Waals surface area contributed by atoms with Crippen molar-refractivity contribution in [3.05, 3.63) is 82.4 Å². The van der Waals surface area contributed by atoms with Crippen molar-refractivity contribution in [2.75, 3.05) is 18.0 Å². The fraction of sp³-hybridized carbons (Fsp3) is 0.240. The number of hydrogen-bond donors (Lipinski definition) is 1. The van der Waals surface area contributed by atoms with Crippen molar-refractivity contribution in [2.45, 2.75) is 25.8 Å². The highest BCUT2D eigenvalue weighted by Crippen LogP contribution is 2.36. The number of halogens is 2. The molecule has 0 radical (unpaired) electrons. The molecule has 4 rings (SSSR count). The van der Waals surface area contributed by atoms with Crippen LogP contribution in [0.25, 0.3) is 23.3 Å². The second kappa shape index (κ2) is 8.99. The Hall–Kier alpha value is -2.69. The number of anilines is 1. The maximum atomic E-state index is 14.2. The van der Waals surface area contributed by atoms with Gasteiger partial charge in [0.15, 0.2) is 0 Å². The summed E-state index contributed by atoms with van der Waals surface area (Å²) in [5.41, 5.74) is 11.9. The monoisotopic (exact) mass is 421 g/mol. The van der Waals surface area contributed by atoms with Crippen molar-refractivity contribution in [3.8, 4) is 11.1 Å². The number of hydrogen-bond acceptors (Lipinski definition) is 3. The van der Waals surface area contributed by atoms with E-state index in [0.29, 0.717) is 5.02 Å². The molecule has 3 aromatic rings. The van der Waals surface area contributed by atoms with E-state index in [9.17, 15) is 4.39 Å². The zero-order valence-electron chi connectivity index (χ0n) is 17.0. The van der Waals surface area contributed by atoms with Crippen molar-refractivity contribution < 1.29 is 4.39 Å². The summed E-state index contributed by atoms with van der Waals surface area (Å²) in [6, 6.07) is 13.1. The van der Waals surface area contributed by atoms with Gasteiger partial charge in [-0.1, -0.05) is 42.0 Å². The summed E-state index contributed by atoms with van der Waals surface area (Å²) in [6.07, 6.45) is 9.64. The van der Waals surface area contributed by atoms with Crippen LogP contribution in [0.5, 0.6) is 0 Å². The van der Waals surface area contributed by atoms with Gasteiger partial charge in [0, 0.05) is 47.7 Å². The molecular formula is C25H25ClFN3. The van der Waals surface area contributed by atoms with Crippen LogP contribution in [0.15, 0.2) is 54.9 Å². The molecule has 2 N–H and O–H groups in total. The van der Waals surface area contributed by atoms with E-state index in [2.05, 4.69) is 16.0 Å². The van der Waals surface area contributed by atoms with Gasteiger partial charge in [-0.05, 0) is 60.7 Å². The Morgan fingerprint density at radius 3 is 2.63 bits per heavy atom. The second-order valence-electron chi connectivity index (χ2n) is 7.85. The van der Waals surface area contributed by atoms with Crippen molar-refractivity contribution in [1.82, 2.24) is 4.98 Å². The predicted molar refractivity (Wildman–Crippen MR) is 124 cm³/mol. The first-order valence-electron chi connectivity index (χ1n) is 10.2. The Labute approximate surface area is 182 Å². The van der Waals surface area contributed by atoms with Crippen LogP contribution in [0.2, 0.25) is 5.02 Å². The zero-order chi connectivity index (χ0) is 21.1. The minimum atomic E-state index is -0.239. The Morgan fingerprint density at radius 1 is 1.10 bits per heavy atom. The number of piperidine rings is 1. The smallest absolute Gasteiger partial charge is 0.124 e. The molecular weight excluding hydrogens is 397 g/mol. The molecule has 2 heterocycles. The molecule has 0 unspecified atom stereocenters. The molecule has 0 atom stereocenters. The predicted octanol–water partition coefficient (Wildman–Crippen LogP) is 5.95. The van der Waals surface area contributed by atoms with E-state index in [1.807, 2.05) is 55.7 Å². The molecule has 0 bridgehead atoms. The first-order valence-corrected chi connectivity index (χ1v) is 10.6. The third-order valence-corrected chi connectivity index (χ3v) is 5.69. The van der Waals surface area contributed by atoms with Crippen LogP contribution in [-0.2, 0) is 0 Å². The Kier molecular flexibility index (Phi) is 6.16. The van der Waals surface area contributed by atoms with Crippen LogP contribution in [0.3, 0.4) is 0 Å². The molecule has 0 amide bonds. The molecule has 154 valence electrons. The lowest BCUT2D eigenvalue weighted by molar-refractivity contribution is 0.501. The van der Waals surface area contributed by atoms with Crippen LogP contribution in [0.1, 0.15) is 29.5 Å². The summed E-state index contributed by atoms with van der Waals surface area (Å²) >= 11 is 6.13. The van der Waals surface area contributed by atoms with E-state index in [0.717, 1.165) is 59.4 Å². The van der Waals surface area contributed by atoms with Gasteiger partial charge in [-0.3, -0.25) is 4.98 Å². The SMILES string of the molecule is Cc1cc(F)cc(-c2cncc(C=Cc3cccc(Cl)c3)c2N2CCC(N)CC2)c1. The van der Waals surface area contributed by atoms with Gasteiger partial charge in [0.05, 0.1) is 5.69 Å². The molecule has 0 saturated carbocycles. The third-order valence-electron chi connectivity index (χ3n) is 5.46. The van der Waals surface area contributed by atoms with Crippen LogP contribution in [0.4, 0.5) is 10.1 Å². The zero-order valence-corrected chi connectivity index (χ0v) is 17.7. The molecule has 1 aliphatic heterocycles. The summed E-state index contributed by atoms with van der Waals surface area (Å²) in [5, 5.41) is 0.699. The van der Waals surface area contributed by atoms with Gasteiger partial charge < -0.3 is 10.6 Å². The normalized spacial score (nSPS) is 15.1. The van der Waals surface area contributed by atoms with Gasteiger partial charge in [0.2, 0.25) is 0 Å². The van der Waals surface area contributed by atoms with Gasteiger partial charge in [0.1, 0.15) is 5.82 Å². The number of nitrogens with zero attached hydrogens (tertiary/aromatic N) is 2. The number of aromatic nitrogens is 1. The minimum absolute atomic E-state index is 0.230. The fourth-order valence-electron chi connectivity index (χ4n) is 3.97. The average Bonchev–Trinajstić information content (AvgIpc) is 2.72. The van der Waals surface area contributed by atoms with E-state index in [4.69, 9.17) is 17.3 Å². The van der Waals surface area contributed by atoms with E-state index < -0.39 is 0 Å². The largest absolute Gasteiger partial charge is 0.370 e. The summed E-state index contributed by atoms with van der Waals surface area (Å²) < 4.78 is 14.2. The molecule has 1 fully saturated rings. The Balaban J connectivity index is 1.81. The molecule has 30 heavy (non-hydrogen) atoms. The van der Waals surface area contributed by atoms with Crippen LogP contribution in [0, 0.1) is 12.7 Å². The van der Waals surface area contributed by atoms with Gasteiger partial charge >= 0.3 is 0 Å². The third kappa shape index (κ3) is 4.72. The standard InChI is InChI=1S/C25H25ClFN3/c1-17-11-20(14-22(27)12-17)24-16-29-15-19(6-5-18-3-2-4-21(26)13-18)25(24)30-9-7-23(28)8-10-30/h2-6,11-16,23H,7-10,28H2,1H3. The molecule has 1 aliphatic rings. The second-order valence-corrected chi connectivity index (χ2v) is 8.29. The lowest BCUT2D eigenvalue weighted by Gasteiger charge is -2.34. The maximum Gasteiger partial charge on any atom is 0.124 e. The average molecular weight is 422 g/mol. The number of nitrogens with two attached hydrogens (primary N) is 1. The first kappa shape index (κ1) is 20.6. The number of benzene rings is 2. The molecule has 0 aliphatic carbocycles. The summed E-state index contributed by atoms with van der Waals surface area (Å²) in [5.74, 6) is -0.239. The van der Waals surface area contributed by atoms with Gasteiger partial charge in [-0.2, -0.15) is 0 Å². The number of pyridine rings is 1. The lowest BCUT2D eigenvalue weighted by atomic mass is 9.97. The Morgan fingerprint density at radius 2 is 1.90 bits per heavy atom. The van der Waals surface area contributed by atoms with E-state index in [1.54, 1.807) is 12.1 Å². The molecule has 5 heteroatoms. The van der Waals surface area contributed by atoms with Crippen LogP contribution >= 0.6 is 11.6 Å². The highest BCUT2D eigenvalue weighted by Gasteiger charge is 2.22. The van der Waals surface area contributed by atoms with E-state index >= 15 is 0 Å². The highest BCUT2D eigenvalue weighted by molar-refractivity contribution is 6.30. The van der Waals surface area contributed by atoms with E-state index in [1.165, 1.54) is 0 Å². The highest BCUT2D eigenvalue weighted by atomic mass is 35.5. The van der Waals surface area contributed by atoms with Crippen molar-refractivity contribution >= 4 is 29.4 Å². The van der Waals surface area contributed by atoms with Gasteiger partial charge in [0.25, 0.3) is 0 Å². The van der Waals surface area contributed by atoms with Gasteiger partial charge in [-0.25, -0.2) is 4.39 Å². The molecule has 0 spiro atoms. The molecule has 1 saturated heterocycles. The van der Waals surface area contributed by atoms with Crippen molar-refractivity contribution in [3.63, 3.8) is 0 Å². The molecule has 3 nitrogen and oxygen atoms in total. The quantitative estimate of drug-likeness (QED) is 0.566. The maximum absolute atomic E-state index is 14.2. The lowest BCUT2D eigenvalue weighted by Crippen LogP contribution is -2.40. The van der Waals surface area contributed by atoms with Crippen molar-refractivity contribution in [2.24, 2.45) is 5.73 Å². The number of rotatable bonds is 4. The van der Waals surface area contributed by atoms with Crippen LogP contribution < -0.4 is 10.6 Å². The van der Waals surface area contributed by atoms with Gasteiger partial charge in [-0.15, -0.1) is 0 Å².